The average molecular weight is 365 g/mol. The summed E-state index contributed by atoms with van der Waals surface area (Å²) < 4.78 is 5.48. The monoisotopic (exact) mass is 364 g/mol. The van der Waals surface area contributed by atoms with Gasteiger partial charge in [-0.1, -0.05) is 76.2 Å². The number of carbonyl (C=O) groups excluding carboxylic acids is 1. The molecule has 0 aliphatic heterocycles. The van der Waals surface area contributed by atoms with Crippen molar-refractivity contribution in [3.63, 3.8) is 0 Å². The molecule has 0 amide bonds. The molecule has 2 rings (SSSR count). The molecule has 2 aromatic rings. The number of esters is 1. The summed E-state index contributed by atoms with van der Waals surface area (Å²) in [5, 5.41) is 0. The lowest BCUT2D eigenvalue weighted by Gasteiger charge is -2.10. The Kier molecular flexibility index (Phi) is 7.84. The fraction of sp³-hybridized carbons (Fsp3) is 0.400. The Bertz CT molecular complexity index is 750. The summed E-state index contributed by atoms with van der Waals surface area (Å²) >= 11 is 0. The summed E-state index contributed by atoms with van der Waals surface area (Å²) in [7, 11) is 0. The van der Waals surface area contributed by atoms with E-state index in [4.69, 9.17) is 4.74 Å². The largest absolute Gasteiger partial charge is 0.426 e. The number of hydrogen-bond acceptors (Lipinski definition) is 2. The highest BCUT2D eigenvalue weighted by Gasteiger charge is 2.07. The minimum Gasteiger partial charge on any atom is -0.426 e. The minimum absolute atomic E-state index is 0.292. The van der Waals surface area contributed by atoms with E-state index < -0.39 is 0 Å². The summed E-state index contributed by atoms with van der Waals surface area (Å²) in [6.45, 7) is 10.3. The highest BCUT2D eigenvalue weighted by molar-refractivity contribution is 5.76. The Labute approximate surface area is 164 Å². The first kappa shape index (κ1) is 21.0. The van der Waals surface area contributed by atoms with E-state index >= 15 is 0 Å². The maximum absolute atomic E-state index is 11.5. The second-order valence-corrected chi connectivity index (χ2v) is 8.08. The van der Waals surface area contributed by atoms with Crippen molar-refractivity contribution in [3.8, 4) is 0 Å². The molecule has 144 valence electrons. The van der Waals surface area contributed by atoms with Crippen LogP contribution in [0.2, 0.25) is 0 Å². The average Bonchev–Trinajstić information content (AvgIpc) is 2.59. The zero-order valence-corrected chi connectivity index (χ0v) is 17.3. The van der Waals surface area contributed by atoms with Gasteiger partial charge in [0.1, 0.15) is 5.76 Å². The van der Waals surface area contributed by atoms with Crippen molar-refractivity contribution in [2.24, 2.45) is 11.8 Å². The van der Waals surface area contributed by atoms with Gasteiger partial charge in [-0.05, 0) is 53.9 Å². The van der Waals surface area contributed by atoms with Crippen molar-refractivity contribution in [2.75, 3.05) is 0 Å². The molecule has 0 bridgehead atoms. The zero-order valence-electron chi connectivity index (χ0n) is 17.3. The van der Waals surface area contributed by atoms with Gasteiger partial charge in [-0.2, -0.15) is 0 Å². The van der Waals surface area contributed by atoms with Gasteiger partial charge in [0.2, 0.25) is 0 Å². The van der Waals surface area contributed by atoms with Gasteiger partial charge < -0.3 is 4.74 Å². The van der Waals surface area contributed by atoms with E-state index in [1.807, 2.05) is 18.2 Å². The Morgan fingerprint density at radius 3 is 1.70 bits per heavy atom. The zero-order chi connectivity index (χ0) is 19.8. The molecule has 27 heavy (non-hydrogen) atoms. The lowest BCUT2D eigenvalue weighted by Crippen LogP contribution is -2.00. The second kappa shape index (κ2) is 10.1. The second-order valence-electron chi connectivity index (χ2n) is 8.08. The number of carbonyl (C=O) groups is 1. The van der Waals surface area contributed by atoms with Crippen molar-refractivity contribution in [1.82, 2.24) is 0 Å². The van der Waals surface area contributed by atoms with E-state index in [1.54, 1.807) is 0 Å². The first-order valence-electron chi connectivity index (χ1n) is 9.89. The lowest BCUT2D eigenvalue weighted by atomic mass is 10.00. The summed E-state index contributed by atoms with van der Waals surface area (Å²) in [4.78, 5) is 11.5. The molecular weight excluding hydrogens is 332 g/mol. The van der Waals surface area contributed by atoms with Crippen LogP contribution in [0.25, 0.3) is 5.76 Å². The fourth-order valence-corrected chi connectivity index (χ4v) is 3.14. The number of benzene rings is 2. The Morgan fingerprint density at radius 2 is 1.26 bits per heavy atom. The van der Waals surface area contributed by atoms with Crippen LogP contribution in [0, 0.1) is 11.8 Å². The first-order chi connectivity index (χ1) is 12.8. The normalized spacial score (nSPS) is 11.9. The van der Waals surface area contributed by atoms with Crippen LogP contribution in [0.5, 0.6) is 0 Å². The van der Waals surface area contributed by atoms with Gasteiger partial charge in [-0.3, -0.25) is 4.79 Å². The van der Waals surface area contributed by atoms with Gasteiger partial charge >= 0.3 is 5.97 Å². The highest BCUT2D eigenvalue weighted by atomic mass is 16.5. The van der Waals surface area contributed by atoms with Crippen LogP contribution >= 0.6 is 0 Å². The van der Waals surface area contributed by atoms with Crippen LogP contribution < -0.4 is 0 Å². The maximum Gasteiger partial charge on any atom is 0.308 e. The molecule has 0 unspecified atom stereocenters. The van der Waals surface area contributed by atoms with Crippen LogP contribution in [0.3, 0.4) is 0 Å². The molecule has 0 atom stereocenters. The minimum atomic E-state index is -0.292. The molecule has 0 radical (unpaired) electrons. The van der Waals surface area contributed by atoms with E-state index in [2.05, 4.69) is 64.1 Å². The van der Waals surface area contributed by atoms with Crippen LogP contribution in [0.15, 0.2) is 54.6 Å². The van der Waals surface area contributed by atoms with E-state index in [0.717, 1.165) is 24.8 Å². The molecule has 0 heterocycles. The Balaban J connectivity index is 2.14. The van der Waals surface area contributed by atoms with Crippen molar-refractivity contribution < 1.29 is 9.53 Å². The van der Waals surface area contributed by atoms with E-state index in [9.17, 15) is 4.79 Å². The quantitative estimate of drug-likeness (QED) is 0.410. The smallest absolute Gasteiger partial charge is 0.308 e. The van der Waals surface area contributed by atoms with Gasteiger partial charge in [0.15, 0.2) is 0 Å². The summed E-state index contributed by atoms with van der Waals surface area (Å²) in [5.41, 5.74) is 4.81. The molecule has 0 aliphatic rings. The lowest BCUT2D eigenvalue weighted by molar-refractivity contribution is -0.134. The molecule has 2 aromatic carbocycles. The van der Waals surface area contributed by atoms with Crippen LogP contribution in [0.1, 0.15) is 56.9 Å². The highest BCUT2D eigenvalue weighted by Crippen LogP contribution is 2.20. The SMILES string of the molecule is CC(=O)OC(=CCc1ccc(CC(C)C)cc1)c1ccc(CC(C)C)cc1. The summed E-state index contributed by atoms with van der Waals surface area (Å²) in [6, 6.07) is 17.0. The maximum atomic E-state index is 11.5. The summed E-state index contributed by atoms with van der Waals surface area (Å²) in [5.74, 6) is 1.62. The summed E-state index contributed by atoms with van der Waals surface area (Å²) in [6.07, 6.45) is 4.88. The number of ether oxygens (including phenoxy) is 1. The molecule has 0 fully saturated rings. The molecule has 0 spiro atoms. The molecule has 0 aliphatic carbocycles. The molecule has 0 N–H and O–H groups in total. The molecule has 2 heteroatoms. The van der Waals surface area contributed by atoms with Crippen molar-refractivity contribution >= 4 is 11.7 Å². The third-order valence-corrected chi connectivity index (χ3v) is 4.33. The predicted molar refractivity (Wildman–Crippen MR) is 113 cm³/mol. The van der Waals surface area contributed by atoms with Gasteiger partial charge in [0.25, 0.3) is 0 Å². The van der Waals surface area contributed by atoms with Crippen LogP contribution in [-0.2, 0) is 28.8 Å². The van der Waals surface area contributed by atoms with Crippen molar-refractivity contribution in [1.29, 1.82) is 0 Å². The number of rotatable bonds is 8. The van der Waals surface area contributed by atoms with Crippen LogP contribution in [0.4, 0.5) is 0 Å². The van der Waals surface area contributed by atoms with Gasteiger partial charge in [-0.15, -0.1) is 0 Å². The van der Waals surface area contributed by atoms with Crippen LogP contribution in [-0.4, -0.2) is 5.97 Å². The Morgan fingerprint density at radius 1 is 0.815 bits per heavy atom. The molecule has 0 saturated heterocycles. The van der Waals surface area contributed by atoms with Crippen molar-refractivity contribution in [3.05, 3.63) is 76.9 Å². The Hall–Kier alpha value is -2.35. The molecular formula is C25H32O2. The third kappa shape index (κ3) is 7.42. The predicted octanol–water partition coefficient (Wildman–Crippen LogP) is 6.23. The molecule has 0 aromatic heterocycles. The fourth-order valence-electron chi connectivity index (χ4n) is 3.14. The number of allylic oxidation sites excluding steroid dienone is 1. The standard InChI is InChI=1S/C25H32O2/c1-18(2)16-22-8-6-21(7-9-22)12-15-25(27-20(5)26)24-13-10-23(11-14-24)17-19(3)4/h6-11,13-15,18-19H,12,16-17H2,1-5H3. The third-order valence-electron chi connectivity index (χ3n) is 4.33. The van der Waals surface area contributed by atoms with E-state index in [0.29, 0.717) is 17.6 Å². The van der Waals surface area contributed by atoms with Crippen molar-refractivity contribution in [2.45, 2.75) is 53.9 Å². The van der Waals surface area contributed by atoms with Gasteiger partial charge in [0, 0.05) is 12.5 Å². The first-order valence-corrected chi connectivity index (χ1v) is 9.89. The van der Waals surface area contributed by atoms with E-state index in [-0.39, 0.29) is 5.97 Å². The van der Waals surface area contributed by atoms with Gasteiger partial charge in [-0.25, -0.2) is 0 Å². The molecule has 0 saturated carbocycles. The topological polar surface area (TPSA) is 26.3 Å². The molecule has 2 nitrogen and oxygen atoms in total. The number of hydrogen-bond donors (Lipinski definition) is 0. The van der Waals surface area contributed by atoms with Gasteiger partial charge in [0.05, 0.1) is 0 Å². The van der Waals surface area contributed by atoms with E-state index in [1.165, 1.54) is 23.6 Å².